The molecule has 1 heteroatoms. The summed E-state index contributed by atoms with van der Waals surface area (Å²) in [5, 5.41) is 0. The van der Waals surface area contributed by atoms with Crippen molar-refractivity contribution in [1.29, 1.82) is 0 Å². The van der Waals surface area contributed by atoms with Crippen molar-refractivity contribution < 1.29 is 0 Å². The molecule has 0 fully saturated rings. The van der Waals surface area contributed by atoms with Crippen molar-refractivity contribution in [2.24, 2.45) is 0 Å². The maximum atomic E-state index is 2.31. The van der Waals surface area contributed by atoms with Crippen LogP contribution in [0.3, 0.4) is 0 Å². The molecule has 3 aromatic rings. The van der Waals surface area contributed by atoms with E-state index in [-0.39, 0.29) is 4.75 Å². The maximum absolute atomic E-state index is 2.31. The Balaban J connectivity index is 1.73. The minimum Gasteiger partial charge on any atom is -0.120 e. The van der Waals surface area contributed by atoms with Crippen molar-refractivity contribution in [3.63, 3.8) is 0 Å². The molecule has 3 rings (SSSR count). The summed E-state index contributed by atoms with van der Waals surface area (Å²) in [6.45, 7) is 11.4. The summed E-state index contributed by atoms with van der Waals surface area (Å²) >= 11 is 1.95. The van der Waals surface area contributed by atoms with Crippen LogP contribution >= 0.6 is 11.8 Å². The normalized spacial score (nSPS) is 12.8. The summed E-state index contributed by atoms with van der Waals surface area (Å²) in [7, 11) is 0. The van der Waals surface area contributed by atoms with Crippen molar-refractivity contribution in [2.45, 2.75) is 63.0 Å². The van der Waals surface area contributed by atoms with Gasteiger partial charge in [0.1, 0.15) is 0 Å². The zero-order valence-electron chi connectivity index (χ0n) is 17.8. The number of hydrogen-bond donors (Lipinski definition) is 0. The SMILES string of the molecule is CCC(C)c1ccc(-c2ccc(-c3ccc(SC(C)(C)CC)cc3)cc2)cc1. The van der Waals surface area contributed by atoms with Gasteiger partial charge in [0.15, 0.2) is 0 Å². The van der Waals surface area contributed by atoms with Gasteiger partial charge in [-0.25, -0.2) is 0 Å². The lowest BCUT2D eigenvalue weighted by Gasteiger charge is -2.21. The van der Waals surface area contributed by atoms with Gasteiger partial charge in [-0.3, -0.25) is 0 Å². The lowest BCUT2D eigenvalue weighted by Crippen LogP contribution is -2.11. The van der Waals surface area contributed by atoms with Crippen LogP contribution < -0.4 is 0 Å². The van der Waals surface area contributed by atoms with Crippen molar-refractivity contribution in [1.82, 2.24) is 0 Å². The van der Waals surface area contributed by atoms with Crippen LogP contribution in [-0.2, 0) is 0 Å². The molecule has 0 saturated carbocycles. The molecule has 0 bridgehead atoms. The topological polar surface area (TPSA) is 0 Å². The highest BCUT2D eigenvalue weighted by molar-refractivity contribution is 8.00. The number of rotatable bonds is 7. The van der Waals surface area contributed by atoms with Gasteiger partial charge in [0.25, 0.3) is 0 Å². The smallest absolute Gasteiger partial charge is 0.0148 e. The third-order valence-corrected chi connectivity index (χ3v) is 7.09. The van der Waals surface area contributed by atoms with Gasteiger partial charge in [-0.2, -0.15) is 0 Å². The Morgan fingerprint density at radius 2 is 1.07 bits per heavy atom. The molecule has 0 N–H and O–H groups in total. The quantitative estimate of drug-likeness (QED) is 0.364. The molecule has 0 spiro atoms. The largest absolute Gasteiger partial charge is 0.120 e. The molecular formula is C27H32S. The van der Waals surface area contributed by atoms with Gasteiger partial charge < -0.3 is 0 Å². The van der Waals surface area contributed by atoms with E-state index >= 15 is 0 Å². The molecule has 0 amide bonds. The zero-order valence-corrected chi connectivity index (χ0v) is 18.6. The Labute approximate surface area is 175 Å². The standard InChI is InChI=1S/C27H32S/c1-6-20(3)21-8-10-22(11-9-21)23-12-14-24(15-13-23)25-16-18-26(19-17-25)28-27(4,5)7-2/h8-20H,6-7H2,1-5H3. The lowest BCUT2D eigenvalue weighted by molar-refractivity contribution is 0.684. The van der Waals surface area contributed by atoms with Gasteiger partial charge in [0.2, 0.25) is 0 Å². The molecule has 146 valence electrons. The Morgan fingerprint density at radius 3 is 1.46 bits per heavy atom. The van der Waals surface area contributed by atoms with Crippen LogP contribution in [0, 0.1) is 0 Å². The molecule has 1 unspecified atom stereocenters. The second-order valence-electron chi connectivity index (χ2n) is 8.25. The molecule has 0 aliphatic carbocycles. The molecule has 0 radical (unpaired) electrons. The fourth-order valence-corrected chi connectivity index (χ4v) is 4.26. The third kappa shape index (κ3) is 5.08. The molecule has 0 aliphatic rings. The third-order valence-electron chi connectivity index (χ3n) is 5.74. The average Bonchev–Trinajstić information content (AvgIpc) is 2.74. The Kier molecular flexibility index (Phi) is 6.67. The molecule has 3 aromatic carbocycles. The summed E-state index contributed by atoms with van der Waals surface area (Å²) in [5.74, 6) is 0.625. The Morgan fingerprint density at radius 1 is 0.679 bits per heavy atom. The second-order valence-corrected chi connectivity index (χ2v) is 10.0. The van der Waals surface area contributed by atoms with E-state index in [2.05, 4.69) is 107 Å². The van der Waals surface area contributed by atoms with Crippen LogP contribution in [0.1, 0.15) is 58.9 Å². The molecule has 28 heavy (non-hydrogen) atoms. The highest BCUT2D eigenvalue weighted by Crippen LogP contribution is 2.36. The van der Waals surface area contributed by atoms with E-state index in [1.807, 2.05) is 11.8 Å². The highest BCUT2D eigenvalue weighted by atomic mass is 32.2. The minimum atomic E-state index is 0.285. The van der Waals surface area contributed by atoms with E-state index in [0.717, 1.165) is 0 Å². The van der Waals surface area contributed by atoms with Crippen molar-refractivity contribution in [3.05, 3.63) is 78.4 Å². The second kappa shape index (κ2) is 9.01. The monoisotopic (exact) mass is 388 g/mol. The number of thioether (sulfide) groups is 1. The van der Waals surface area contributed by atoms with E-state index in [4.69, 9.17) is 0 Å². The van der Waals surface area contributed by atoms with E-state index in [9.17, 15) is 0 Å². The fraction of sp³-hybridized carbons (Fsp3) is 0.333. The average molecular weight is 389 g/mol. The summed E-state index contributed by atoms with van der Waals surface area (Å²) in [6, 6.07) is 26.9. The van der Waals surface area contributed by atoms with Crippen LogP contribution in [0.4, 0.5) is 0 Å². The maximum Gasteiger partial charge on any atom is 0.0148 e. The first-order chi connectivity index (χ1) is 13.4. The van der Waals surface area contributed by atoms with Crippen molar-refractivity contribution >= 4 is 11.8 Å². The van der Waals surface area contributed by atoms with E-state index in [0.29, 0.717) is 5.92 Å². The zero-order chi connectivity index (χ0) is 20.1. The van der Waals surface area contributed by atoms with Crippen LogP contribution in [0.15, 0.2) is 77.7 Å². The molecule has 0 saturated heterocycles. The predicted octanol–water partition coefficient (Wildman–Crippen LogP) is 8.81. The van der Waals surface area contributed by atoms with Crippen molar-refractivity contribution in [3.8, 4) is 22.3 Å². The van der Waals surface area contributed by atoms with Crippen LogP contribution in [-0.4, -0.2) is 4.75 Å². The van der Waals surface area contributed by atoms with Crippen LogP contribution in [0.2, 0.25) is 0 Å². The summed E-state index contributed by atoms with van der Waals surface area (Å²) in [4.78, 5) is 1.34. The number of benzene rings is 3. The minimum absolute atomic E-state index is 0.285. The predicted molar refractivity (Wildman–Crippen MR) is 126 cm³/mol. The molecule has 0 nitrogen and oxygen atoms in total. The highest BCUT2D eigenvalue weighted by Gasteiger charge is 2.16. The molecule has 1 atom stereocenters. The van der Waals surface area contributed by atoms with Crippen molar-refractivity contribution in [2.75, 3.05) is 0 Å². The van der Waals surface area contributed by atoms with Gasteiger partial charge in [-0.15, -0.1) is 11.8 Å². The van der Waals surface area contributed by atoms with Gasteiger partial charge in [0, 0.05) is 9.64 Å². The lowest BCUT2D eigenvalue weighted by atomic mass is 9.95. The van der Waals surface area contributed by atoms with Gasteiger partial charge in [-0.1, -0.05) is 95.3 Å². The Bertz CT molecular complexity index is 871. The van der Waals surface area contributed by atoms with Crippen LogP contribution in [0.5, 0.6) is 0 Å². The molecule has 0 aromatic heterocycles. The summed E-state index contributed by atoms with van der Waals surface area (Å²) < 4.78 is 0.285. The van der Waals surface area contributed by atoms with E-state index < -0.39 is 0 Å². The molecule has 0 aliphatic heterocycles. The van der Waals surface area contributed by atoms with Gasteiger partial charge >= 0.3 is 0 Å². The summed E-state index contributed by atoms with van der Waals surface area (Å²) in [5.41, 5.74) is 6.53. The first-order valence-electron chi connectivity index (χ1n) is 10.4. The van der Waals surface area contributed by atoms with Gasteiger partial charge in [-0.05, 0) is 58.7 Å². The van der Waals surface area contributed by atoms with E-state index in [1.165, 1.54) is 45.6 Å². The van der Waals surface area contributed by atoms with E-state index in [1.54, 1.807) is 0 Å². The fourth-order valence-electron chi connectivity index (χ4n) is 3.20. The summed E-state index contributed by atoms with van der Waals surface area (Å²) in [6.07, 6.45) is 2.35. The first kappa shape index (κ1) is 20.7. The number of hydrogen-bond acceptors (Lipinski definition) is 1. The Hall–Kier alpha value is -1.99. The van der Waals surface area contributed by atoms with Gasteiger partial charge in [0.05, 0.1) is 0 Å². The molecule has 0 heterocycles. The molecular weight excluding hydrogens is 356 g/mol. The van der Waals surface area contributed by atoms with Crippen LogP contribution in [0.25, 0.3) is 22.3 Å². The first-order valence-corrected chi connectivity index (χ1v) is 11.2.